The summed E-state index contributed by atoms with van der Waals surface area (Å²) >= 11 is 1.81. The lowest BCUT2D eigenvalue weighted by molar-refractivity contribution is 0.418. The van der Waals surface area contributed by atoms with E-state index in [1.54, 1.807) is 0 Å². The molecule has 2 aromatic rings. The predicted octanol–water partition coefficient (Wildman–Crippen LogP) is 3.54. The molecule has 1 N–H and O–H groups in total. The Morgan fingerprint density at radius 3 is 2.88 bits per heavy atom. The van der Waals surface area contributed by atoms with E-state index in [4.69, 9.17) is 4.42 Å². The van der Waals surface area contributed by atoms with Gasteiger partial charge < -0.3 is 9.73 Å². The van der Waals surface area contributed by atoms with Crippen LogP contribution in [0.3, 0.4) is 0 Å². The van der Waals surface area contributed by atoms with E-state index in [1.807, 2.05) is 30.4 Å². The van der Waals surface area contributed by atoms with Gasteiger partial charge in [0.2, 0.25) is 0 Å². The number of furan rings is 1. The van der Waals surface area contributed by atoms with Gasteiger partial charge in [0.25, 0.3) is 0 Å². The predicted molar refractivity (Wildman–Crippen MR) is 67.9 cm³/mol. The van der Waals surface area contributed by atoms with Crippen LogP contribution in [0, 0.1) is 6.92 Å². The molecule has 1 unspecified atom stereocenters. The second-order valence-electron chi connectivity index (χ2n) is 3.95. The van der Waals surface area contributed by atoms with E-state index in [-0.39, 0.29) is 6.04 Å². The van der Waals surface area contributed by atoms with E-state index >= 15 is 0 Å². The lowest BCUT2D eigenvalue weighted by Gasteiger charge is -2.10. The highest BCUT2D eigenvalue weighted by atomic mass is 32.1. The number of hydrogen-bond acceptors (Lipinski definition) is 3. The number of nitrogens with one attached hydrogen (secondary N) is 1. The fourth-order valence-electron chi connectivity index (χ4n) is 1.65. The first-order chi connectivity index (χ1) is 7.75. The molecule has 0 radical (unpaired) electrons. The van der Waals surface area contributed by atoms with Crippen molar-refractivity contribution < 1.29 is 4.42 Å². The lowest BCUT2D eigenvalue weighted by Crippen LogP contribution is -2.20. The summed E-state index contributed by atoms with van der Waals surface area (Å²) in [7, 11) is 0. The average Bonchev–Trinajstić information content (AvgIpc) is 2.89. The Balaban J connectivity index is 1.78. The molecule has 0 saturated carbocycles. The number of aryl methyl sites for hydroxylation is 1. The van der Waals surface area contributed by atoms with Gasteiger partial charge in [-0.2, -0.15) is 0 Å². The summed E-state index contributed by atoms with van der Waals surface area (Å²) in [6.45, 7) is 5.09. The third-order valence-electron chi connectivity index (χ3n) is 2.59. The fraction of sp³-hybridized carbons (Fsp3) is 0.385. The first-order valence-electron chi connectivity index (χ1n) is 5.58. The number of hydrogen-bond donors (Lipinski definition) is 1. The third-order valence-corrected chi connectivity index (χ3v) is 3.53. The van der Waals surface area contributed by atoms with E-state index in [0.29, 0.717) is 0 Å². The zero-order chi connectivity index (χ0) is 11.4. The quantitative estimate of drug-likeness (QED) is 0.857. The van der Waals surface area contributed by atoms with Crippen LogP contribution in [-0.2, 0) is 6.42 Å². The molecule has 0 aromatic carbocycles. The molecule has 86 valence electrons. The van der Waals surface area contributed by atoms with Gasteiger partial charge in [-0.1, -0.05) is 6.07 Å². The molecule has 16 heavy (non-hydrogen) atoms. The molecule has 3 heteroatoms. The van der Waals surface area contributed by atoms with Crippen LogP contribution in [0.1, 0.15) is 29.4 Å². The minimum Gasteiger partial charge on any atom is -0.465 e. The van der Waals surface area contributed by atoms with E-state index < -0.39 is 0 Å². The van der Waals surface area contributed by atoms with Gasteiger partial charge in [0.1, 0.15) is 11.5 Å². The van der Waals surface area contributed by atoms with Crippen molar-refractivity contribution in [1.82, 2.24) is 5.32 Å². The van der Waals surface area contributed by atoms with Crippen LogP contribution in [0.25, 0.3) is 0 Å². The number of thiophene rings is 1. The summed E-state index contributed by atoms with van der Waals surface area (Å²) in [5.74, 6) is 1.99. The molecule has 0 aliphatic heterocycles. The molecule has 2 aromatic heterocycles. The monoisotopic (exact) mass is 235 g/mol. The smallest absolute Gasteiger partial charge is 0.120 e. The largest absolute Gasteiger partial charge is 0.465 e. The fourth-order valence-corrected chi connectivity index (χ4v) is 2.36. The standard InChI is InChI=1S/C13H17NOS/c1-10-5-6-13(15-10)11(2)14-8-7-12-4-3-9-16-12/h3-6,9,11,14H,7-8H2,1-2H3. The van der Waals surface area contributed by atoms with Crippen LogP contribution in [0.15, 0.2) is 34.1 Å². The summed E-state index contributed by atoms with van der Waals surface area (Å²) < 4.78 is 5.57. The van der Waals surface area contributed by atoms with Gasteiger partial charge in [-0.3, -0.25) is 0 Å². The van der Waals surface area contributed by atoms with E-state index in [1.165, 1.54) is 4.88 Å². The third kappa shape index (κ3) is 2.97. The SMILES string of the molecule is Cc1ccc(C(C)NCCc2cccs2)o1. The Labute approximate surface area is 100 Å². The maximum Gasteiger partial charge on any atom is 0.120 e. The van der Waals surface area contributed by atoms with Crippen LogP contribution in [-0.4, -0.2) is 6.54 Å². The molecule has 2 nitrogen and oxygen atoms in total. The number of rotatable bonds is 5. The molecular weight excluding hydrogens is 218 g/mol. The maximum absolute atomic E-state index is 5.57. The molecule has 2 heterocycles. The minimum absolute atomic E-state index is 0.286. The van der Waals surface area contributed by atoms with Gasteiger partial charge in [0.15, 0.2) is 0 Å². The average molecular weight is 235 g/mol. The normalized spacial score (nSPS) is 12.9. The molecule has 0 fully saturated rings. The summed E-state index contributed by atoms with van der Waals surface area (Å²) in [6, 6.07) is 8.60. The zero-order valence-electron chi connectivity index (χ0n) is 9.69. The first-order valence-corrected chi connectivity index (χ1v) is 6.46. The van der Waals surface area contributed by atoms with Crippen molar-refractivity contribution in [3.63, 3.8) is 0 Å². The van der Waals surface area contributed by atoms with Crippen molar-refractivity contribution in [2.45, 2.75) is 26.3 Å². The highest BCUT2D eigenvalue weighted by Crippen LogP contribution is 2.15. The Morgan fingerprint density at radius 1 is 1.38 bits per heavy atom. The highest BCUT2D eigenvalue weighted by Gasteiger charge is 2.08. The van der Waals surface area contributed by atoms with Gasteiger partial charge in [-0.15, -0.1) is 11.3 Å². The second-order valence-corrected chi connectivity index (χ2v) is 4.99. The first kappa shape index (κ1) is 11.4. The molecule has 0 aliphatic carbocycles. The van der Waals surface area contributed by atoms with Gasteiger partial charge in [-0.05, 0) is 43.8 Å². The van der Waals surface area contributed by atoms with Crippen molar-refractivity contribution in [1.29, 1.82) is 0 Å². The molecule has 0 saturated heterocycles. The maximum atomic E-state index is 5.57. The van der Waals surface area contributed by atoms with Crippen LogP contribution in [0.4, 0.5) is 0 Å². The van der Waals surface area contributed by atoms with Crippen LogP contribution >= 0.6 is 11.3 Å². The van der Waals surface area contributed by atoms with E-state index in [2.05, 4.69) is 29.8 Å². The Bertz CT molecular complexity index is 419. The summed E-state index contributed by atoms with van der Waals surface area (Å²) in [5.41, 5.74) is 0. The van der Waals surface area contributed by atoms with E-state index in [9.17, 15) is 0 Å². The Morgan fingerprint density at radius 2 is 2.25 bits per heavy atom. The van der Waals surface area contributed by atoms with Crippen molar-refractivity contribution in [2.24, 2.45) is 0 Å². The van der Waals surface area contributed by atoms with Crippen LogP contribution < -0.4 is 5.32 Å². The van der Waals surface area contributed by atoms with Gasteiger partial charge in [0.05, 0.1) is 6.04 Å². The highest BCUT2D eigenvalue weighted by molar-refractivity contribution is 7.09. The summed E-state index contributed by atoms with van der Waals surface area (Å²) in [5, 5.41) is 5.58. The molecule has 2 rings (SSSR count). The minimum atomic E-state index is 0.286. The second kappa shape index (κ2) is 5.32. The molecular formula is C13H17NOS. The van der Waals surface area contributed by atoms with Crippen LogP contribution in [0.2, 0.25) is 0 Å². The molecule has 0 aliphatic rings. The molecule has 0 amide bonds. The molecule has 0 spiro atoms. The van der Waals surface area contributed by atoms with Crippen molar-refractivity contribution in [2.75, 3.05) is 6.54 Å². The molecule has 0 bridgehead atoms. The Hall–Kier alpha value is -1.06. The van der Waals surface area contributed by atoms with Crippen molar-refractivity contribution >= 4 is 11.3 Å². The Kier molecular flexibility index (Phi) is 3.80. The van der Waals surface area contributed by atoms with Gasteiger partial charge >= 0.3 is 0 Å². The van der Waals surface area contributed by atoms with Crippen molar-refractivity contribution in [3.8, 4) is 0 Å². The molecule has 1 atom stereocenters. The lowest BCUT2D eigenvalue weighted by atomic mass is 10.2. The van der Waals surface area contributed by atoms with Crippen molar-refractivity contribution in [3.05, 3.63) is 46.0 Å². The zero-order valence-corrected chi connectivity index (χ0v) is 10.5. The topological polar surface area (TPSA) is 25.2 Å². The van der Waals surface area contributed by atoms with Crippen LogP contribution in [0.5, 0.6) is 0 Å². The van der Waals surface area contributed by atoms with Gasteiger partial charge in [-0.25, -0.2) is 0 Å². The summed E-state index contributed by atoms with van der Waals surface area (Å²) in [4.78, 5) is 1.43. The van der Waals surface area contributed by atoms with E-state index in [0.717, 1.165) is 24.5 Å². The van der Waals surface area contributed by atoms with Gasteiger partial charge in [0, 0.05) is 11.4 Å². The summed E-state index contributed by atoms with van der Waals surface area (Å²) in [6.07, 6.45) is 1.09.